The van der Waals surface area contributed by atoms with Crippen molar-refractivity contribution < 1.29 is 8.42 Å². The first kappa shape index (κ1) is 14.4. The lowest BCUT2D eigenvalue weighted by Crippen LogP contribution is -2.07. The van der Waals surface area contributed by atoms with Gasteiger partial charge in [-0.3, -0.25) is 0 Å². The average Bonchev–Trinajstić information content (AvgIpc) is 2.33. The first-order valence-electron chi connectivity index (χ1n) is 5.41. The molecule has 0 bridgehead atoms. The second kappa shape index (κ2) is 5.53. The lowest BCUT2D eigenvalue weighted by molar-refractivity contribution is 0.595. The molecular weight excluding hydrogens is 350 g/mol. The Bertz CT molecular complexity index is 716. The molecule has 2 rings (SSSR count). The average molecular weight is 361 g/mol. The number of hydrogen-bond acceptors (Lipinski definition) is 3. The van der Waals surface area contributed by atoms with Gasteiger partial charge in [-0.15, -0.1) is 0 Å². The molecule has 2 aromatic carbocycles. The highest BCUT2D eigenvalue weighted by atomic mass is 79.9. The highest BCUT2D eigenvalue weighted by molar-refractivity contribution is 9.10. The van der Waals surface area contributed by atoms with Gasteiger partial charge in [0.25, 0.3) is 0 Å². The van der Waals surface area contributed by atoms with Crippen LogP contribution in [0.3, 0.4) is 0 Å². The Kier molecular flexibility index (Phi) is 4.18. The summed E-state index contributed by atoms with van der Waals surface area (Å²) in [5, 5.41) is 0.486. The minimum absolute atomic E-state index is 0.154. The highest BCUT2D eigenvalue weighted by Gasteiger charge is 2.19. The van der Waals surface area contributed by atoms with Crippen LogP contribution >= 0.6 is 27.5 Å². The number of sulfone groups is 1. The van der Waals surface area contributed by atoms with E-state index in [2.05, 4.69) is 15.9 Å². The fraction of sp³-hybridized carbons (Fsp3) is 0.0769. The molecule has 0 aromatic heterocycles. The van der Waals surface area contributed by atoms with E-state index in [0.29, 0.717) is 20.7 Å². The predicted octanol–water partition coefficient (Wildman–Crippen LogP) is 3.66. The molecule has 2 N–H and O–H groups in total. The van der Waals surface area contributed by atoms with Crippen molar-refractivity contribution in [2.24, 2.45) is 0 Å². The van der Waals surface area contributed by atoms with Crippen molar-refractivity contribution in [1.29, 1.82) is 0 Å². The molecule has 0 aliphatic rings. The Morgan fingerprint density at radius 2 is 1.84 bits per heavy atom. The monoisotopic (exact) mass is 359 g/mol. The lowest BCUT2D eigenvalue weighted by atomic mass is 10.2. The van der Waals surface area contributed by atoms with Crippen LogP contribution in [0.1, 0.15) is 5.56 Å². The van der Waals surface area contributed by atoms with E-state index in [9.17, 15) is 8.42 Å². The molecule has 0 fully saturated rings. The summed E-state index contributed by atoms with van der Waals surface area (Å²) in [5.41, 5.74) is 6.70. The van der Waals surface area contributed by atoms with E-state index >= 15 is 0 Å². The molecule has 100 valence electrons. The molecule has 0 atom stereocenters. The number of benzene rings is 2. The summed E-state index contributed by atoms with van der Waals surface area (Å²) < 4.78 is 25.2. The summed E-state index contributed by atoms with van der Waals surface area (Å²) in [5.74, 6) is -0.154. The largest absolute Gasteiger partial charge is 0.398 e. The molecule has 3 nitrogen and oxygen atoms in total. The van der Waals surface area contributed by atoms with Crippen LogP contribution in [-0.2, 0) is 15.6 Å². The van der Waals surface area contributed by atoms with E-state index < -0.39 is 9.84 Å². The van der Waals surface area contributed by atoms with Crippen molar-refractivity contribution in [3.63, 3.8) is 0 Å². The standard InChI is InChI=1S/C13H11BrClNO2S/c14-11-3-1-2-4-13(11)19(17,18)8-9-5-6-10(15)7-12(9)16/h1-7H,8,16H2. The summed E-state index contributed by atoms with van der Waals surface area (Å²) in [6.07, 6.45) is 0. The van der Waals surface area contributed by atoms with Gasteiger partial charge in [0.15, 0.2) is 9.84 Å². The van der Waals surface area contributed by atoms with E-state index in [1.807, 2.05) is 0 Å². The van der Waals surface area contributed by atoms with Crippen LogP contribution in [0, 0.1) is 0 Å². The third kappa shape index (κ3) is 3.29. The Morgan fingerprint density at radius 3 is 2.47 bits per heavy atom. The molecule has 0 unspecified atom stereocenters. The summed E-state index contributed by atoms with van der Waals surface area (Å²) in [7, 11) is -3.45. The maximum atomic E-state index is 12.3. The van der Waals surface area contributed by atoms with Gasteiger partial charge in [-0.2, -0.15) is 0 Å². The van der Waals surface area contributed by atoms with Crippen molar-refractivity contribution >= 4 is 43.1 Å². The second-order valence-electron chi connectivity index (χ2n) is 4.03. The summed E-state index contributed by atoms with van der Waals surface area (Å²) in [6, 6.07) is 11.5. The lowest BCUT2D eigenvalue weighted by Gasteiger charge is -2.09. The van der Waals surface area contributed by atoms with E-state index in [1.165, 1.54) is 0 Å². The normalized spacial score (nSPS) is 11.5. The molecule has 0 radical (unpaired) electrons. The Balaban J connectivity index is 2.40. The Hall–Kier alpha value is -1.04. The molecule has 2 aromatic rings. The van der Waals surface area contributed by atoms with Crippen LogP contribution in [0.4, 0.5) is 5.69 Å². The predicted molar refractivity (Wildman–Crippen MR) is 80.9 cm³/mol. The van der Waals surface area contributed by atoms with Gasteiger partial charge in [0.2, 0.25) is 0 Å². The van der Waals surface area contributed by atoms with Gasteiger partial charge < -0.3 is 5.73 Å². The molecule has 0 amide bonds. The van der Waals surface area contributed by atoms with Gasteiger partial charge in [0.05, 0.1) is 10.6 Å². The summed E-state index contributed by atoms with van der Waals surface area (Å²) in [6.45, 7) is 0. The molecule has 19 heavy (non-hydrogen) atoms. The van der Waals surface area contributed by atoms with Gasteiger partial charge in [0, 0.05) is 15.2 Å². The van der Waals surface area contributed by atoms with E-state index in [-0.39, 0.29) is 10.6 Å². The zero-order valence-corrected chi connectivity index (χ0v) is 13.0. The minimum atomic E-state index is -3.45. The number of nitrogen functional groups attached to an aromatic ring is 1. The first-order chi connectivity index (χ1) is 8.90. The topological polar surface area (TPSA) is 60.2 Å². The third-order valence-corrected chi connectivity index (χ3v) is 5.53. The van der Waals surface area contributed by atoms with Crippen molar-refractivity contribution in [3.8, 4) is 0 Å². The Morgan fingerprint density at radius 1 is 1.16 bits per heavy atom. The Labute approximate surface area is 125 Å². The van der Waals surface area contributed by atoms with Crippen LogP contribution in [0.2, 0.25) is 5.02 Å². The SMILES string of the molecule is Nc1cc(Cl)ccc1CS(=O)(=O)c1ccccc1Br. The van der Waals surface area contributed by atoms with Crippen LogP contribution in [-0.4, -0.2) is 8.42 Å². The zero-order chi connectivity index (χ0) is 14.0. The van der Waals surface area contributed by atoms with Crippen molar-refractivity contribution in [3.05, 3.63) is 57.5 Å². The van der Waals surface area contributed by atoms with Crippen LogP contribution in [0.5, 0.6) is 0 Å². The quantitative estimate of drug-likeness (QED) is 0.850. The number of anilines is 1. The molecule has 0 aliphatic carbocycles. The van der Waals surface area contributed by atoms with Crippen LogP contribution < -0.4 is 5.73 Å². The molecule has 0 saturated heterocycles. The zero-order valence-electron chi connectivity index (χ0n) is 9.81. The van der Waals surface area contributed by atoms with Gasteiger partial charge in [0.1, 0.15) is 0 Å². The number of rotatable bonds is 3. The van der Waals surface area contributed by atoms with E-state index in [1.54, 1.807) is 42.5 Å². The van der Waals surface area contributed by atoms with Crippen molar-refractivity contribution in [1.82, 2.24) is 0 Å². The maximum Gasteiger partial charge on any atom is 0.183 e. The molecule has 0 spiro atoms. The minimum Gasteiger partial charge on any atom is -0.398 e. The van der Waals surface area contributed by atoms with Gasteiger partial charge >= 0.3 is 0 Å². The van der Waals surface area contributed by atoms with Gasteiger partial charge in [-0.1, -0.05) is 29.8 Å². The van der Waals surface area contributed by atoms with E-state index in [4.69, 9.17) is 17.3 Å². The molecule has 6 heteroatoms. The maximum absolute atomic E-state index is 12.3. The fourth-order valence-corrected chi connectivity index (χ4v) is 4.36. The van der Waals surface area contributed by atoms with Crippen LogP contribution in [0.15, 0.2) is 51.8 Å². The molecule has 0 saturated carbocycles. The number of hydrogen-bond donors (Lipinski definition) is 1. The van der Waals surface area contributed by atoms with Crippen molar-refractivity contribution in [2.75, 3.05) is 5.73 Å². The van der Waals surface area contributed by atoms with Crippen molar-refractivity contribution in [2.45, 2.75) is 10.6 Å². The first-order valence-corrected chi connectivity index (χ1v) is 8.23. The number of halogens is 2. The smallest absolute Gasteiger partial charge is 0.183 e. The summed E-state index contributed by atoms with van der Waals surface area (Å²) >= 11 is 9.04. The number of nitrogens with two attached hydrogens (primary N) is 1. The second-order valence-corrected chi connectivity index (χ2v) is 7.28. The van der Waals surface area contributed by atoms with Gasteiger partial charge in [-0.05, 0) is 45.8 Å². The highest BCUT2D eigenvalue weighted by Crippen LogP contribution is 2.27. The fourth-order valence-electron chi connectivity index (χ4n) is 1.68. The summed E-state index contributed by atoms with van der Waals surface area (Å²) in [4.78, 5) is 0.254. The molecular formula is C13H11BrClNO2S. The molecule has 0 aliphatic heterocycles. The van der Waals surface area contributed by atoms with E-state index in [0.717, 1.165) is 0 Å². The van der Waals surface area contributed by atoms with Crippen LogP contribution in [0.25, 0.3) is 0 Å². The van der Waals surface area contributed by atoms with Gasteiger partial charge in [-0.25, -0.2) is 8.42 Å². The molecule has 0 heterocycles. The third-order valence-electron chi connectivity index (χ3n) is 2.63.